The van der Waals surface area contributed by atoms with E-state index in [9.17, 15) is 20.1 Å². The van der Waals surface area contributed by atoms with Crippen LogP contribution in [0.1, 0.15) is 112 Å². The van der Waals surface area contributed by atoms with Crippen LogP contribution in [0.15, 0.2) is 47.6 Å². The van der Waals surface area contributed by atoms with Gasteiger partial charge in [-0.15, -0.1) is 0 Å². The fourth-order valence-corrected chi connectivity index (χ4v) is 12.1. The van der Waals surface area contributed by atoms with Crippen LogP contribution in [0.4, 0.5) is 0 Å². The molecule has 8 aliphatic rings. The number of methoxy groups -OCH3 is 2. The number of aliphatic hydroxyl groups excluding tert-OH is 2. The van der Waals surface area contributed by atoms with Crippen LogP contribution in [-0.4, -0.2) is 139 Å². The van der Waals surface area contributed by atoms with Crippen LogP contribution in [0, 0.1) is 29.6 Å². The van der Waals surface area contributed by atoms with E-state index in [0.717, 1.165) is 18.4 Å². The third kappa shape index (κ3) is 9.92. The van der Waals surface area contributed by atoms with Crippen molar-refractivity contribution >= 4 is 5.97 Å². The highest BCUT2D eigenvalue weighted by molar-refractivity contribution is 5.76. The summed E-state index contributed by atoms with van der Waals surface area (Å²) < 4.78 is 64.3. The lowest BCUT2D eigenvalue weighted by Gasteiger charge is -2.49. The summed E-state index contributed by atoms with van der Waals surface area (Å²) in [6.45, 7) is 12.1. The van der Waals surface area contributed by atoms with Gasteiger partial charge >= 0.3 is 5.97 Å². The van der Waals surface area contributed by atoms with Crippen LogP contribution < -0.4 is 0 Å². The van der Waals surface area contributed by atoms with Crippen molar-refractivity contribution in [1.82, 2.24) is 0 Å². The number of hydrogen-bond acceptors (Lipinski definition) is 14. The minimum Gasteiger partial charge on any atom is -0.462 e. The van der Waals surface area contributed by atoms with Gasteiger partial charge in [-0.25, -0.2) is 0 Å². The molecule has 14 heteroatoms. The first-order chi connectivity index (χ1) is 30.6. The Bertz CT molecular complexity index is 1730. The molecule has 2 saturated carbocycles. The first-order valence-corrected chi connectivity index (χ1v) is 24.3. The van der Waals surface area contributed by atoms with Crippen molar-refractivity contribution in [1.29, 1.82) is 0 Å². The minimum absolute atomic E-state index is 0.0147. The third-order valence-corrected chi connectivity index (χ3v) is 15.8. The molecule has 14 nitrogen and oxygen atoms in total. The van der Waals surface area contributed by atoms with Gasteiger partial charge in [-0.3, -0.25) is 4.79 Å². The van der Waals surface area contributed by atoms with E-state index in [1.54, 1.807) is 21.1 Å². The Balaban J connectivity index is 1.08. The lowest BCUT2D eigenvalue weighted by atomic mass is 9.66. The van der Waals surface area contributed by atoms with Crippen LogP contribution in [-0.2, 0) is 52.2 Å². The Morgan fingerprint density at radius 3 is 2.27 bits per heavy atom. The minimum atomic E-state index is -1.75. The Morgan fingerprint density at radius 1 is 0.797 bits per heavy atom. The van der Waals surface area contributed by atoms with E-state index in [2.05, 4.69) is 32.9 Å². The first-order valence-electron chi connectivity index (χ1n) is 24.3. The second-order valence-electron chi connectivity index (χ2n) is 20.4. The monoisotopic (exact) mass is 901 g/mol. The predicted octanol–water partition coefficient (Wildman–Crippen LogP) is 5.99. The van der Waals surface area contributed by atoms with Gasteiger partial charge in [0.05, 0.1) is 61.4 Å². The van der Waals surface area contributed by atoms with Gasteiger partial charge in [0.15, 0.2) is 18.4 Å². The van der Waals surface area contributed by atoms with Gasteiger partial charge in [0.25, 0.3) is 0 Å². The Morgan fingerprint density at radius 2 is 1.52 bits per heavy atom. The van der Waals surface area contributed by atoms with Crippen molar-refractivity contribution in [3.05, 3.63) is 47.6 Å². The molecule has 3 N–H and O–H groups in total. The average Bonchev–Trinajstić information content (AvgIpc) is 3.62. The number of rotatable bonds is 7. The normalized spacial score (nSPS) is 48.3. The predicted molar refractivity (Wildman–Crippen MR) is 234 cm³/mol. The fraction of sp³-hybridized carbons (Fsp3) is 0.820. The van der Waals surface area contributed by atoms with Crippen molar-refractivity contribution in [2.24, 2.45) is 29.6 Å². The molecule has 4 saturated heterocycles. The molecule has 0 radical (unpaired) electrons. The second kappa shape index (κ2) is 20.3. The number of aliphatic hydroxyl groups is 3. The zero-order valence-corrected chi connectivity index (χ0v) is 39.3. The smallest absolute Gasteiger partial charge is 0.312 e. The molecule has 64 heavy (non-hydrogen) atoms. The molecule has 2 aliphatic carbocycles. The van der Waals surface area contributed by atoms with Crippen LogP contribution in [0.25, 0.3) is 0 Å². The number of hydrogen-bond donors (Lipinski definition) is 3. The summed E-state index contributed by atoms with van der Waals surface area (Å²) in [6, 6.07) is 0. The number of carbonyl (C=O) groups is 1. The highest BCUT2D eigenvalue weighted by Crippen LogP contribution is 2.49. The van der Waals surface area contributed by atoms with Crippen LogP contribution >= 0.6 is 0 Å². The molecule has 1 spiro atoms. The zero-order valence-electron chi connectivity index (χ0n) is 39.3. The lowest BCUT2D eigenvalue weighted by molar-refractivity contribution is -0.318. The molecular formula is C50H76O14. The summed E-state index contributed by atoms with van der Waals surface area (Å²) in [5.41, 5.74) is -0.252. The zero-order chi connectivity index (χ0) is 45.5. The molecule has 0 aromatic carbocycles. The van der Waals surface area contributed by atoms with Gasteiger partial charge in [0.2, 0.25) is 0 Å². The topological polar surface area (TPSA) is 170 Å². The summed E-state index contributed by atoms with van der Waals surface area (Å²) in [5.74, 6) is -2.34. The van der Waals surface area contributed by atoms with E-state index < -0.39 is 90.8 Å². The largest absolute Gasteiger partial charge is 0.462 e. The molecule has 6 aliphatic heterocycles. The van der Waals surface area contributed by atoms with E-state index in [1.807, 2.05) is 38.2 Å². The van der Waals surface area contributed by atoms with Crippen molar-refractivity contribution in [3.63, 3.8) is 0 Å². The highest BCUT2D eigenvalue weighted by atomic mass is 16.7. The van der Waals surface area contributed by atoms with Crippen LogP contribution in [0.3, 0.4) is 0 Å². The second-order valence-corrected chi connectivity index (χ2v) is 20.4. The molecule has 2 bridgehead atoms. The molecule has 8 rings (SSSR count). The van der Waals surface area contributed by atoms with Gasteiger partial charge in [-0.1, -0.05) is 70.4 Å². The highest BCUT2D eigenvalue weighted by Gasteiger charge is 2.62. The number of fused-ring (bicyclic) bond motifs is 2. The molecule has 1 unspecified atom stereocenters. The molecule has 20 atom stereocenters. The van der Waals surface area contributed by atoms with E-state index >= 15 is 0 Å². The molecule has 360 valence electrons. The number of ether oxygens (including phenoxy) is 10. The van der Waals surface area contributed by atoms with E-state index in [-0.39, 0.29) is 49.1 Å². The quantitative estimate of drug-likeness (QED) is 0.201. The Labute approximate surface area is 379 Å². The standard InChI is InChI=1S/C50H76O14/c1-27-13-12-16-34-26-57-47-42(51)30(4)21-37(50(34,47)54)48(53)60-36-22-35(63-49(25-36)20-19-29(3)45(64-49)33-14-10-9-11-15-33)18-17-28(2)44(27)61-41-24-39(56-8)46(32(6)59-41)62-40-23-38(55-7)43(52)31(5)58-40/h12-13,16-17,19-20,27,29-33,35-47,51-52,54H,9-11,14-15,18,21-26H2,1-8H3/t27-,29-,30?,31-,32-,35+,36-,37-,38-,39-,40-,41-,42+,43-,44-,45-,46-,47+,49+,50+/m0/s1. The van der Waals surface area contributed by atoms with E-state index in [4.69, 9.17) is 47.4 Å². The summed E-state index contributed by atoms with van der Waals surface area (Å²) in [4.78, 5) is 14.5. The van der Waals surface area contributed by atoms with Crippen molar-refractivity contribution < 1.29 is 67.5 Å². The first kappa shape index (κ1) is 48.4. The Hall–Kier alpha value is -2.05. The fourth-order valence-electron chi connectivity index (χ4n) is 12.1. The average molecular weight is 901 g/mol. The summed E-state index contributed by atoms with van der Waals surface area (Å²) in [5, 5.41) is 34.5. The van der Waals surface area contributed by atoms with Gasteiger partial charge in [-0.2, -0.15) is 0 Å². The number of esters is 1. The summed E-state index contributed by atoms with van der Waals surface area (Å²) in [6.07, 6.45) is 12.9. The maximum atomic E-state index is 14.5. The van der Waals surface area contributed by atoms with Crippen molar-refractivity contribution in [2.75, 3.05) is 20.8 Å². The Kier molecular flexibility index (Phi) is 15.3. The summed E-state index contributed by atoms with van der Waals surface area (Å²) in [7, 11) is 3.23. The van der Waals surface area contributed by atoms with Gasteiger partial charge in [-0.05, 0) is 75.5 Å². The van der Waals surface area contributed by atoms with Crippen LogP contribution in [0.2, 0.25) is 0 Å². The van der Waals surface area contributed by atoms with E-state index in [1.165, 1.54) is 19.3 Å². The van der Waals surface area contributed by atoms with Crippen molar-refractivity contribution in [2.45, 2.75) is 209 Å². The summed E-state index contributed by atoms with van der Waals surface area (Å²) >= 11 is 0. The lowest BCUT2D eigenvalue weighted by Crippen LogP contribution is -2.61. The molecular weight excluding hydrogens is 825 g/mol. The van der Waals surface area contributed by atoms with Gasteiger partial charge in [0, 0.05) is 51.7 Å². The van der Waals surface area contributed by atoms with E-state index in [0.29, 0.717) is 43.6 Å². The molecule has 6 heterocycles. The van der Waals surface area contributed by atoms with Crippen molar-refractivity contribution in [3.8, 4) is 0 Å². The van der Waals surface area contributed by atoms with Crippen LogP contribution in [0.5, 0.6) is 0 Å². The number of allylic oxidation sites excluding steroid dienone is 2. The van der Waals surface area contributed by atoms with Gasteiger partial charge in [0.1, 0.15) is 30.0 Å². The molecule has 0 amide bonds. The molecule has 0 aromatic rings. The maximum absolute atomic E-state index is 14.5. The third-order valence-electron chi connectivity index (χ3n) is 15.8. The molecule has 0 aromatic heterocycles. The number of carbonyl (C=O) groups excluding carboxylic acids is 1. The molecule has 6 fully saturated rings. The van der Waals surface area contributed by atoms with Gasteiger partial charge < -0.3 is 62.7 Å². The SMILES string of the molecule is CO[C@H]1C[C@H](O[C@H]2[C@H](C)O[C@@H](O[C@@H]3C(C)=CC[C@@H]4C[C@@H](C[C@]5(C=C[C@H](C)[C@@H](C6CCCCC6)O5)O4)OC(=O)[C@@H]4CC(C)[C@@H](O)[C@H]5OCC(=CC=C[C@@H]3C)[C@]54O)C[C@@H]2OC)O[C@@H](C)[C@@H]1O. The maximum Gasteiger partial charge on any atom is 0.312 e.